The second-order valence-corrected chi connectivity index (χ2v) is 5.25. The Morgan fingerprint density at radius 3 is 2.60 bits per heavy atom. The van der Waals surface area contributed by atoms with Gasteiger partial charge in [0, 0.05) is 0 Å². The van der Waals surface area contributed by atoms with E-state index in [1.165, 1.54) is 6.42 Å². The molecule has 20 heavy (non-hydrogen) atoms. The Bertz CT molecular complexity index is 506. The second-order valence-electron chi connectivity index (χ2n) is 5.25. The molecule has 0 bridgehead atoms. The molecular weight excluding hydrogens is 248 g/mol. The van der Waals surface area contributed by atoms with Crippen molar-refractivity contribution in [3.8, 4) is 5.69 Å². The SMILES string of the molecule is CCNC(CC(C)CC)c1cnn(-c2ccccc2)n1. The van der Waals surface area contributed by atoms with Crippen LogP contribution in [0.4, 0.5) is 0 Å². The van der Waals surface area contributed by atoms with E-state index in [9.17, 15) is 0 Å². The van der Waals surface area contributed by atoms with Crippen molar-refractivity contribution in [1.82, 2.24) is 20.3 Å². The highest BCUT2D eigenvalue weighted by atomic mass is 15.5. The molecule has 0 saturated heterocycles. The molecule has 4 nitrogen and oxygen atoms in total. The quantitative estimate of drug-likeness (QED) is 0.840. The van der Waals surface area contributed by atoms with E-state index < -0.39 is 0 Å². The molecule has 2 rings (SSSR count). The second kappa shape index (κ2) is 7.20. The number of nitrogens with zero attached hydrogens (tertiary/aromatic N) is 3. The van der Waals surface area contributed by atoms with Crippen molar-refractivity contribution in [3.05, 3.63) is 42.2 Å². The molecule has 108 valence electrons. The predicted molar refractivity (Wildman–Crippen MR) is 81.8 cm³/mol. The Morgan fingerprint density at radius 2 is 1.95 bits per heavy atom. The molecule has 2 aromatic rings. The van der Waals surface area contributed by atoms with Crippen LogP contribution >= 0.6 is 0 Å². The minimum Gasteiger partial charge on any atom is -0.309 e. The van der Waals surface area contributed by atoms with Crippen LogP contribution in [0.25, 0.3) is 5.69 Å². The maximum Gasteiger partial charge on any atom is 0.100 e. The molecule has 2 atom stereocenters. The fourth-order valence-corrected chi connectivity index (χ4v) is 2.24. The molecule has 0 amide bonds. The molecule has 1 aromatic carbocycles. The van der Waals surface area contributed by atoms with E-state index in [0.717, 1.165) is 24.3 Å². The summed E-state index contributed by atoms with van der Waals surface area (Å²) in [6, 6.07) is 10.3. The largest absolute Gasteiger partial charge is 0.309 e. The van der Waals surface area contributed by atoms with Gasteiger partial charge >= 0.3 is 0 Å². The van der Waals surface area contributed by atoms with Crippen LogP contribution in [0.5, 0.6) is 0 Å². The van der Waals surface area contributed by atoms with Gasteiger partial charge in [-0.3, -0.25) is 0 Å². The Morgan fingerprint density at radius 1 is 1.20 bits per heavy atom. The molecule has 2 unspecified atom stereocenters. The first kappa shape index (κ1) is 14.7. The van der Waals surface area contributed by atoms with Gasteiger partial charge in [-0.25, -0.2) is 0 Å². The molecule has 1 aromatic heterocycles. The lowest BCUT2D eigenvalue weighted by Gasteiger charge is -2.18. The van der Waals surface area contributed by atoms with Crippen LogP contribution in [-0.4, -0.2) is 21.5 Å². The third-order valence-corrected chi connectivity index (χ3v) is 3.64. The minimum absolute atomic E-state index is 0.285. The topological polar surface area (TPSA) is 42.7 Å². The predicted octanol–water partition coefficient (Wildman–Crippen LogP) is 3.35. The fourth-order valence-electron chi connectivity index (χ4n) is 2.24. The molecule has 0 aliphatic carbocycles. The van der Waals surface area contributed by atoms with Gasteiger partial charge in [0.2, 0.25) is 0 Å². The average molecular weight is 272 g/mol. The Kier molecular flexibility index (Phi) is 5.30. The third-order valence-electron chi connectivity index (χ3n) is 3.64. The van der Waals surface area contributed by atoms with Crippen molar-refractivity contribution in [2.45, 2.75) is 39.7 Å². The number of hydrogen-bond donors (Lipinski definition) is 1. The van der Waals surface area contributed by atoms with Gasteiger partial charge in [-0.2, -0.15) is 15.0 Å². The average Bonchev–Trinajstić information content (AvgIpc) is 2.97. The summed E-state index contributed by atoms with van der Waals surface area (Å²) in [7, 11) is 0. The van der Waals surface area contributed by atoms with Crippen molar-refractivity contribution in [2.24, 2.45) is 5.92 Å². The first-order valence-corrected chi connectivity index (χ1v) is 7.45. The van der Waals surface area contributed by atoms with Gasteiger partial charge in [0.1, 0.15) is 5.69 Å². The van der Waals surface area contributed by atoms with Gasteiger partial charge < -0.3 is 5.32 Å². The molecule has 0 radical (unpaired) electrons. The van der Waals surface area contributed by atoms with E-state index in [1.54, 1.807) is 4.80 Å². The van der Waals surface area contributed by atoms with Gasteiger partial charge in [0.25, 0.3) is 0 Å². The van der Waals surface area contributed by atoms with Crippen LogP contribution in [0, 0.1) is 5.92 Å². The van der Waals surface area contributed by atoms with Gasteiger partial charge in [0.15, 0.2) is 0 Å². The summed E-state index contributed by atoms with van der Waals surface area (Å²) in [5.74, 6) is 0.681. The van der Waals surface area contributed by atoms with Crippen LogP contribution in [0.3, 0.4) is 0 Å². The Hall–Kier alpha value is -1.68. The number of rotatable bonds is 7. The Labute approximate surface area is 121 Å². The van der Waals surface area contributed by atoms with Crippen molar-refractivity contribution < 1.29 is 0 Å². The lowest BCUT2D eigenvalue weighted by molar-refractivity contribution is 0.401. The van der Waals surface area contributed by atoms with Crippen LogP contribution in [0.2, 0.25) is 0 Å². The van der Waals surface area contributed by atoms with Gasteiger partial charge in [-0.05, 0) is 31.0 Å². The number of hydrogen-bond acceptors (Lipinski definition) is 3. The maximum atomic E-state index is 4.63. The molecule has 1 heterocycles. The van der Waals surface area contributed by atoms with E-state index in [4.69, 9.17) is 0 Å². The molecule has 0 saturated carbocycles. The summed E-state index contributed by atoms with van der Waals surface area (Å²) >= 11 is 0. The van der Waals surface area contributed by atoms with Crippen molar-refractivity contribution in [1.29, 1.82) is 0 Å². The first-order chi connectivity index (χ1) is 9.74. The highest BCUT2D eigenvalue weighted by Gasteiger charge is 2.17. The van der Waals surface area contributed by atoms with Gasteiger partial charge in [0.05, 0.1) is 17.9 Å². The number of aromatic nitrogens is 3. The van der Waals surface area contributed by atoms with Crippen molar-refractivity contribution >= 4 is 0 Å². The zero-order valence-corrected chi connectivity index (χ0v) is 12.6. The van der Waals surface area contributed by atoms with Crippen LogP contribution in [0.1, 0.15) is 45.3 Å². The summed E-state index contributed by atoms with van der Waals surface area (Å²) in [6.45, 7) is 7.59. The van der Waals surface area contributed by atoms with Crippen LogP contribution in [0.15, 0.2) is 36.5 Å². The van der Waals surface area contributed by atoms with Crippen molar-refractivity contribution in [3.63, 3.8) is 0 Å². The molecule has 0 aliphatic heterocycles. The van der Waals surface area contributed by atoms with E-state index in [2.05, 4.69) is 36.3 Å². The minimum atomic E-state index is 0.285. The smallest absolute Gasteiger partial charge is 0.100 e. The number of nitrogens with one attached hydrogen (secondary N) is 1. The molecule has 0 aliphatic rings. The first-order valence-electron chi connectivity index (χ1n) is 7.45. The molecule has 4 heteroatoms. The zero-order valence-electron chi connectivity index (χ0n) is 12.6. The van der Waals surface area contributed by atoms with Gasteiger partial charge in [-0.15, -0.1) is 0 Å². The summed E-state index contributed by atoms with van der Waals surface area (Å²) < 4.78 is 0. The highest BCUT2D eigenvalue weighted by Crippen LogP contribution is 2.21. The van der Waals surface area contributed by atoms with E-state index in [-0.39, 0.29) is 6.04 Å². The fraction of sp³-hybridized carbons (Fsp3) is 0.500. The summed E-state index contributed by atoms with van der Waals surface area (Å²) in [5.41, 5.74) is 2.02. The van der Waals surface area contributed by atoms with E-state index in [1.807, 2.05) is 36.5 Å². The Balaban J connectivity index is 2.16. The van der Waals surface area contributed by atoms with E-state index >= 15 is 0 Å². The van der Waals surface area contributed by atoms with Crippen molar-refractivity contribution in [2.75, 3.05) is 6.54 Å². The lowest BCUT2D eigenvalue weighted by Crippen LogP contribution is -2.23. The molecule has 1 N–H and O–H groups in total. The highest BCUT2D eigenvalue weighted by molar-refractivity contribution is 5.28. The summed E-state index contributed by atoms with van der Waals surface area (Å²) in [4.78, 5) is 1.70. The van der Waals surface area contributed by atoms with Crippen LogP contribution < -0.4 is 5.32 Å². The number of para-hydroxylation sites is 1. The zero-order chi connectivity index (χ0) is 14.4. The lowest BCUT2D eigenvalue weighted by atomic mass is 9.98. The molecule has 0 spiro atoms. The maximum absolute atomic E-state index is 4.63. The van der Waals surface area contributed by atoms with E-state index in [0.29, 0.717) is 5.92 Å². The third kappa shape index (κ3) is 3.67. The monoisotopic (exact) mass is 272 g/mol. The standard InChI is InChI=1S/C16H24N4/c1-4-13(3)11-15(17-5-2)16-12-18-20(19-16)14-9-7-6-8-10-14/h6-10,12-13,15,17H,4-5,11H2,1-3H3. The molecular formula is C16H24N4. The summed E-state index contributed by atoms with van der Waals surface area (Å²) in [5, 5.41) is 12.5. The van der Waals surface area contributed by atoms with Crippen LogP contribution in [-0.2, 0) is 0 Å². The normalized spacial score (nSPS) is 14.2. The number of benzene rings is 1. The summed E-state index contributed by atoms with van der Waals surface area (Å²) in [6.07, 6.45) is 4.16. The molecule has 0 fully saturated rings. The van der Waals surface area contributed by atoms with Gasteiger partial charge in [-0.1, -0.05) is 45.4 Å².